The van der Waals surface area contributed by atoms with Gasteiger partial charge in [0.15, 0.2) is 11.6 Å². The van der Waals surface area contributed by atoms with E-state index in [1.54, 1.807) is 13.0 Å². The number of amides is 1. The highest BCUT2D eigenvalue weighted by Crippen LogP contribution is 2.31. The highest BCUT2D eigenvalue weighted by Gasteiger charge is 2.44. The van der Waals surface area contributed by atoms with E-state index in [0.717, 1.165) is 12.1 Å². The van der Waals surface area contributed by atoms with Crippen molar-refractivity contribution in [1.82, 2.24) is 10.2 Å². The molecule has 0 aromatic heterocycles. The number of halogens is 3. The van der Waals surface area contributed by atoms with E-state index in [-0.39, 0.29) is 30.9 Å². The number of benzene rings is 2. The van der Waals surface area contributed by atoms with Gasteiger partial charge in [-0.25, -0.2) is 13.2 Å². The first-order chi connectivity index (χ1) is 14.7. The molecule has 0 bridgehead atoms. The van der Waals surface area contributed by atoms with Crippen molar-refractivity contribution in [3.63, 3.8) is 0 Å². The third-order valence-corrected chi connectivity index (χ3v) is 5.05. The second-order valence-corrected chi connectivity index (χ2v) is 7.65. The molecule has 9 heteroatoms. The Morgan fingerprint density at radius 1 is 1.19 bits per heavy atom. The number of aliphatic hydroxyl groups is 1. The number of hydrogen-bond donors (Lipinski definition) is 3. The van der Waals surface area contributed by atoms with E-state index in [1.165, 1.54) is 17.0 Å². The summed E-state index contributed by atoms with van der Waals surface area (Å²) < 4.78 is 47.8. The molecule has 0 atom stereocenters. The van der Waals surface area contributed by atoms with Gasteiger partial charge >= 0.3 is 0 Å². The Labute approximate surface area is 179 Å². The summed E-state index contributed by atoms with van der Waals surface area (Å²) in [7, 11) is 0. The summed E-state index contributed by atoms with van der Waals surface area (Å²) in [6.07, 6.45) is 0. The van der Waals surface area contributed by atoms with Gasteiger partial charge in [0.25, 0.3) is 5.91 Å². The Morgan fingerprint density at radius 2 is 1.94 bits per heavy atom. The maximum Gasteiger partial charge on any atom is 0.256 e. The molecule has 1 saturated heterocycles. The van der Waals surface area contributed by atoms with Crippen LogP contribution in [0.1, 0.15) is 22.8 Å². The first kappa shape index (κ1) is 23.1. The van der Waals surface area contributed by atoms with Gasteiger partial charge in [-0.15, -0.1) is 0 Å². The van der Waals surface area contributed by atoms with Gasteiger partial charge in [-0.3, -0.25) is 4.79 Å². The van der Waals surface area contributed by atoms with Gasteiger partial charge in [0, 0.05) is 19.7 Å². The van der Waals surface area contributed by atoms with Crippen LogP contribution in [0.2, 0.25) is 0 Å². The smallest absolute Gasteiger partial charge is 0.256 e. The Bertz CT molecular complexity index is 949. The maximum absolute atomic E-state index is 14.5. The predicted molar refractivity (Wildman–Crippen MR) is 111 cm³/mol. The second-order valence-electron chi connectivity index (χ2n) is 7.65. The average Bonchev–Trinajstić information content (AvgIpc) is 2.70. The normalized spacial score (nSPS) is 15.0. The fourth-order valence-electron chi connectivity index (χ4n) is 3.41. The third kappa shape index (κ3) is 5.36. The zero-order chi connectivity index (χ0) is 22.6. The summed E-state index contributed by atoms with van der Waals surface area (Å²) in [6.45, 7) is 5.58. The molecule has 6 nitrogen and oxygen atoms in total. The van der Waals surface area contributed by atoms with Crippen LogP contribution in [0.5, 0.6) is 0 Å². The van der Waals surface area contributed by atoms with E-state index in [1.807, 2.05) is 6.92 Å². The van der Waals surface area contributed by atoms with Gasteiger partial charge in [-0.05, 0) is 43.7 Å². The Kier molecular flexibility index (Phi) is 7.19. The molecule has 2 aromatic carbocycles. The second kappa shape index (κ2) is 9.67. The summed E-state index contributed by atoms with van der Waals surface area (Å²) in [5.41, 5.74) is -1.13. The van der Waals surface area contributed by atoms with Crippen LogP contribution in [0.25, 0.3) is 0 Å². The number of carbonyl (C=O) groups is 1. The number of β-amino-alcohol motifs (C(OH)–C–C–N with tert-alkyl or cyclic N) is 1. The topological polar surface area (TPSA) is 73.8 Å². The van der Waals surface area contributed by atoms with Gasteiger partial charge in [0.1, 0.15) is 11.4 Å². The van der Waals surface area contributed by atoms with E-state index < -0.39 is 34.6 Å². The maximum atomic E-state index is 14.5. The molecule has 0 aliphatic carbocycles. The van der Waals surface area contributed by atoms with Crippen LogP contribution in [0.4, 0.5) is 24.5 Å². The average molecular weight is 437 g/mol. The summed E-state index contributed by atoms with van der Waals surface area (Å²) >= 11 is 0. The monoisotopic (exact) mass is 437 g/mol. The van der Waals surface area contributed by atoms with Crippen molar-refractivity contribution in [2.75, 3.05) is 44.7 Å². The molecule has 3 rings (SSSR count). The van der Waals surface area contributed by atoms with Gasteiger partial charge in [0.05, 0.1) is 36.6 Å². The van der Waals surface area contributed by atoms with Crippen LogP contribution >= 0.6 is 0 Å². The van der Waals surface area contributed by atoms with Gasteiger partial charge in [-0.1, -0.05) is 6.07 Å². The molecule has 2 aromatic rings. The van der Waals surface area contributed by atoms with Crippen molar-refractivity contribution in [1.29, 1.82) is 0 Å². The highest BCUT2D eigenvalue weighted by molar-refractivity contribution is 6.01. The molecule has 0 unspecified atom stereocenters. The largest absolute Gasteiger partial charge is 0.385 e. The van der Waals surface area contributed by atoms with Crippen molar-refractivity contribution < 1.29 is 27.8 Å². The zero-order valence-corrected chi connectivity index (χ0v) is 17.5. The number of hydrogen-bond acceptors (Lipinski definition) is 5. The molecular weight excluding hydrogens is 411 g/mol. The Hall–Kier alpha value is -2.62. The van der Waals surface area contributed by atoms with Gasteiger partial charge < -0.3 is 25.4 Å². The van der Waals surface area contributed by atoms with Crippen molar-refractivity contribution >= 4 is 17.3 Å². The molecular formula is C22H26F3N3O3. The molecule has 0 saturated carbocycles. The molecule has 168 valence electrons. The van der Waals surface area contributed by atoms with Crippen LogP contribution < -0.4 is 10.6 Å². The lowest BCUT2D eigenvalue weighted by atomic mass is 9.92. The van der Waals surface area contributed by atoms with E-state index in [2.05, 4.69) is 10.6 Å². The number of nitrogens with zero attached hydrogens (tertiary/aromatic N) is 1. The Morgan fingerprint density at radius 3 is 2.61 bits per heavy atom. The third-order valence-electron chi connectivity index (χ3n) is 5.05. The fourth-order valence-corrected chi connectivity index (χ4v) is 3.41. The van der Waals surface area contributed by atoms with Crippen molar-refractivity contribution in [3.05, 3.63) is 58.9 Å². The molecule has 0 spiro atoms. The number of ether oxygens (including phenoxy) is 1. The molecule has 3 N–H and O–H groups in total. The number of anilines is 2. The zero-order valence-electron chi connectivity index (χ0n) is 17.5. The minimum absolute atomic E-state index is 0.0325. The molecule has 1 aliphatic heterocycles. The van der Waals surface area contributed by atoms with Crippen LogP contribution in [0.15, 0.2) is 30.3 Å². The Balaban J connectivity index is 1.71. The van der Waals surface area contributed by atoms with Crippen LogP contribution in [-0.2, 0) is 4.74 Å². The van der Waals surface area contributed by atoms with E-state index in [9.17, 15) is 23.1 Å². The predicted octanol–water partition coefficient (Wildman–Crippen LogP) is 2.97. The van der Waals surface area contributed by atoms with E-state index in [4.69, 9.17) is 4.74 Å². The van der Waals surface area contributed by atoms with Crippen LogP contribution in [0, 0.1) is 24.4 Å². The van der Waals surface area contributed by atoms with Crippen molar-refractivity contribution in [3.8, 4) is 0 Å². The molecule has 31 heavy (non-hydrogen) atoms. The number of aryl methyl sites for hydroxylation is 1. The lowest BCUT2D eigenvalue weighted by Gasteiger charge is -2.46. The lowest BCUT2D eigenvalue weighted by Crippen LogP contribution is -2.67. The molecule has 1 amide bonds. The van der Waals surface area contributed by atoms with Crippen LogP contribution in [0.3, 0.4) is 0 Å². The SMILES string of the molecule is CCOCCNCC1(O)CN(C(=O)c2ccc(F)c(F)c2Nc2ccc(C)cc2F)C1. The summed E-state index contributed by atoms with van der Waals surface area (Å²) in [4.78, 5) is 14.2. The van der Waals surface area contributed by atoms with E-state index in [0.29, 0.717) is 25.3 Å². The fraction of sp³-hybridized carbons (Fsp3) is 0.409. The number of nitrogens with one attached hydrogen (secondary N) is 2. The standard InChI is InChI=1S/C22H26F3N3O3/c1-3-31-9-8-26-11-22(30)12-28(13-22)21(29)15-5-6-16(23)19(25)20(15)27-18-7-4-14(2)10-17(18)24/h4-7,10,26-27,30H,3,8-9,11-13H2,1-2H3. The quantitative estimate of drug-likeness (QED) is 0.526. The number of likely N-dealkylation sites (tertiary alicyclic amines) is 1. The summed E-state index contributed by atoms with van der Waals surface area (Å²) in [6, 6.07) is 6.24. The van der Waals surface area contributed by atoms with Crippen molar-refractivity contribution in [2.45, 2.75) is 19.4 Å². The number of carbonyl (C=O) groups excluding carboxylic acids is 1. The molecule has 1 fully saturated rings. The van der Waals surface area contributed by atoms with E-state index >= 15 is 0 Å². The molecule has 1 aliphatic rings. The lowest BCUT2D eigenvalue weighted by molar-refractivity contribution is -0.0789. The summed E-state index contributed by atoms with van der Waals surface area (Å²) in [5.74, 6) is -3.68. The van der Waals surface area contributed by atoms with Crippen LogP contribution in [-0.4, -0.2) is 60.9 Å². The minimum atomic E-state index is -1.28. The summed E-state index contributed by atoms with van der Waals surface area (Å²) in [5, 5.41) is 16.1. The highest BCUT2D eigenvalue weighted by atomic mass is 19.2. The molecule has 1 heterocycles. The first-order valence-electron chi connectivity index (χ1n) is 10.1. The number of rotatable bonds is 9. The van der Waals surface area contributed by atoms with Gasteiger partial charge in [0.2, 0.25) is 0 Å². The first-order valence-corrected chi connectivity index (χ1v) is 10.1. The van der Waals surface area contributed by atoms with Crippen molar-refractivity contribution in [2.24, 2.45) is 0 Å². The molecule has 0 radical (unpaired) electrons. The van der Waals surface area contributed by atoms with Gasteiger partial charge in [-0.2, -0.15) is 0 Å². The minimum Gasteiger partial charge on any atom is -0.385 e.